The quantitative estimate of drug-likeness (QED) is 0.629. The van der Waals surface area contributed by atoms with Crippen LogP contribution in [0.2, 0.25) is 0 Å². The Morgan fingerprint density at radius 3 is 2.64 bits per heavy atom. The normalized spacial score (nSPS) is 43.0. The van der Waals surface area contributed by atoms with E-state index < -0.39 is 5.97 Å². The maximum Gasteiger partial charge on any atom is 0.307 e. The number of hydrogen-bond acceptors (Lipinski definition) is 1. The molecule has 6 rings (SSSR count). The Hall–Kier alpha value is -2.09. The molecule has 128 valence electrons. The minimum atomic E-state index is -0.560. The van der Waals surface area contributed by atoms with Gasteiger partial charge in [-0.15, -0.1) is 0 Å². The lowest BCUT2D eigenvalue weighted by Gasteiger charge is -2.58. The van der Waals surface area contributed by atoms with E-state index in [9.17, 15) is 9.90 Å². The lowest BCUT2D eigenvalue weighted by atomic mass is 9.45. The van der Waals surface area contributed by atoms with Gasteiger partial charge < -0.3 is 5.11 Å². The fourth-order valence-electron chi connectivity index (χ4n) is 6.58. The van der Waals surface area contributed by atoms with Crippen LogP contribution in [0, 0.1) is 47.3 Å². The molecule has 2 nitrogen and oxygen atoms in total. The van der Waals surface area contributed by atoms with Crippen molar-refractivity contribution in [2.24, 2.45) is 47.3 Å². The molecule has 0 radical (unpaired) electrons. The molecule has 0 aromatic heterocycles. The van der Waals surface area contributed by atoms with Crippen molar-refractivity contribution in [1.29, 1.82) is 0 Å². The second-order valence-corrected chi connectivity index (χ2v) is 8.22. The first-order chi connectivity index (χ1) is 12.3. The predicted molar refractivity (Wildman–Crippen MR) is 98.5 cm³/mol. The van der Waals surface area contributed by atoms with Gasteiger partial charge in [0.1, 0.15) is 0 Å². The van der Waals surface area contributed by atoms with Crippen LogP contribution in [-0.4, -0.2) is 11.1 Å². The van der Waals surface area contributed by atoms with E-state index >= 15 is 0 Å². The summed E-state index contributed by atoms with van der Waals surface area (Å²) in [7, 11) is 0. The minimum absolute atomic E-state index is 0.117. The molecule has 1 N–H and O–H groups in total. The highest BCUT2D eigenvalue weighted by Crippen LogP contribution is 2.72. The summed E-state index contributed by atoms with van der Waals surface area (Å²) in [6, 6.07) is 10.3. The van der Waals surface area contributed by atoms with Crippen LogP contribution in [0.15, 0.2) is 60.7 Å². The van der Waals surface area contributed by atoms with E-state index in [4.69, 9.17) is 0 Å². The van der Waals surface area contributed by atoms with Crippen molar-refractivity contribution >= 4 is 12.0 Å². The monoisotopic (exact) mass is 332 g/mol. The Balaban J connectivity index is 1.27. The fraction of sp³-hybridized carbons (Fsp3) is 0.435. The van der Waals surface area contributed by atoms with Crippen LogP contribution in [0.1, 0.15) is 18.4 Å². The standard InChI is InChI=1S/C23H24O2/c24-23(25)22-17-12-11-16-19(22)13-18-15(20(17)21(16)18)10-6-2-5-9-14-7-3-1-4-8-14/h1-9,11-12,15-22H,10,13H2,(H,24,25)/b6-2+,9-5+/t15-,16+,17-,18-,19-,20-,21-,22-/m0/s1. The number of rotatable bonds is 5. The summed E-state index contributed by atoms with van der Waals surface area (Å²) in [5, 5.41) is 9.70. The highest BCUT2D eigenvalue weighted by Gasteiger charge is 2.69. The highest BCUT2D eigenvalue weighted by atomic mass is 16.4. The first-order valence-electron chi connectivity index (χ1n) is 9.55. The average molecular weight is 332 g/mol. The summed E-state index contributed by atoms with van der Waals surface area (Å²) in [5.41, 5.74) is 1.22. The molecule has 0 spiro atoms. The van der Waals surface area contributed by atoms with E-state index in [2.05, 4.69) is 60.7 Å². The van der Waals surface area contributed by atoms with Gasteiger partial charge >= 0.3 is 5.97 Å². The van der Waals surface area contributed by atoms with E-state index in [1.165, 1.54) is 5.56 Å². The Morgan fingerprint density at radius 2 is 1.84 bits per heavy atom. The van der Waals surface area contributed by atoms with Crippen molar-refractivity contribution in [1.82, 2.24) is 0 Å². The third-order valence-electron chi connectivity index (χ3n) is 7.37. The van der Waals surface area contributed by atoms with Gasteiger partial charge in [0.05, 0.1) is 5.92 Å². The second-order valence-electron chi connectivity index (χ2n) is 8.22. The molecule has 8 atom stereocenters. The van der Waals surface area contributed by atoms with Crippen LogP contribution in [0.3, 0.4) is 0 Å². The van der Waals surface area contributed by atoms with Gasteiger partial charge in [-0.1, -0.05) is 66.8 Å². The van der Waals surface area contributed by atoms with Crippen LogP contribution in [0.5, 0.6) is 0 Å². The lowest BCUT2D eigenvalue weighted by Crippen LogP contribution is -2.56. The number of hydrogen-bond donors (Lipinski definition) is 1. The van der Waals surface area contributed by atoms with Crippen LogP contribution in [-0.2, 0) is 4.79 Å². The Labute approximate surface area is 148 Å². The van der Waals surface area contributed by atoms with E-state index in [1.54, 1.807) is 0 Å². The Bertz CT molecular complexity index is 760. The summed E-state index contributed by atoms with van der Waals surface area (Å²) in [6.07, 6.45) is 15.5. The first kappa shape index (κ1) is 15.2. The van der Waals surface area contributed by atoms with E-state index in [0.29, 0.717) is 23.7 Å². The molecule has 2 heteroatoms. The van der Waals surface area contributed by atoms with Gasteiger partial charge in [-0.25, -0.2) is 0 Å². The molecule has 0 amide bonds. The highest BCUT2D eigenvalue weighted by molar-refractivity contribution is 5.72. The third kappa shape index (κ3) is 2.19. The minimum Gasteiger partial charge on any atom is -0.481 e. The molecule has 5 aliphatic rings. The maximum atomic E-state index is 11.8. The zero-order chi connectivity index (χ0) is 17.0. The number of benzene rings is 1. The number of carboxylic acid groups (broad SMARTS) is 1. The first-order valence-corrected chi connectivity index (χ1v) is 9.55. The molecule has 0 aliphatic heterocycles. The fourth-order valence-corrected chi connectivity index (χ4v) is 6.58. The number of allylic oxidation sites excluding steroid dienone is 5. The summed E-state index contributed by atoms with van der Waals surface area (Å²) in [5.74, 6) is 3.43. The number of carboxylic acids is 1. The summed E-state index contributed by atoms with van der Waals surface area (Å²) >= 11 is 0. The van der Waals surface area contributed by atoms with Crippen molar-refractivity contribution in [3.63, 3.8) is 0 Å². The molecule has 0 heterocycles. The zero-order valence-corrected chi connectivity index (χ0v) is 14.2. The van der Waals surface area contributed by atoms with Gasteiger partial charge in [0.25, 0.3) is 0 Å². The lowest BCUT2D eigenvalue weighted by molar-refractivity contribution is -0.154. The van der Waals surface area contributed by atoms with Gasteiger partial charge in [-0.3, -0.25) is 4.79 Å². The van der Waals surface area contributed by atoms with E-state index in [0.717, 1.165) is 24.7 Å². The molecule has 1 aromatic carbocycles. The molecular formula is C23H24O2. The van der Waals surface area contributed by atoms with Crippen molar-refractivity contribution < 1.29 is 9.90 Å². The van der Waals surface area contributed by atoms with Gasteiger partial charge in [-0.05, 0) is 59.8 Å². The van der Waals surface area contributed by atoms with Crippen molar-refractivity contribution in [3.8, 4) is 0 Å². The van der Waals surface area contributed by atoms with Gasteiger partial charge in [-0.2, -0.15) is 0 Å². The van der Waals surface area contributed by atoms with E-state index in [-0.39, 0.29) is 11.8 Å². The number of carbonyl (C=O) groups is 1. The molecule has 1 aromatic rings. The summed E-state index contributed by atoms with van der Waals surface area (Å²) in [6.45, 7) is 0. The van der Waals surface area contributed by atoms with Crippen LogP contribution in [0.25, 0.3) is 6.08 Å². The molecule has 0 unspecified atom stereocenters. The Morgan fingerprint density at radius 1 is 1.04 bits per heavy atom. The average Bonchev–Trinajstić information content (AvgIpc) is 2.82. The predicted octanol–water partition coefficient (Wildman–Crippen LogP) is 4.66. The van der Waals surface area contributed by atoms with Gasteiger partial charge in [0, 0.05) is 0 Å². The van der Waals surface area contributed by atoms with Crippen LogP contribution < -0.4 is 0 Å². The number of aliphatic carboxylic acids is 1. The van der Waals surface area contributed by atoms with E-state index in [1.807, 2.05) is 6.07 Å². The van der Waals surface area contributed by atoms with Crippen molar-refractivity contribution in [3.05, 3.63) is 66.3 Å². The van der Waals surface area contributed by atoms with Gasteiger partial charge in [0.15, 0.2) is 0 Å². The summed E-state index contributed by atoms with van der Waals surface area (Å²) < 4.78 is 0. The van der Waals surface area contributed by atoms with Crippen molar-refractivity contribution in [2.75, 3.05) is 0 Å². The molecule has 4 bridgehead atoms. The topological polar surface area (TPSA) is 37.3 Å². The van der Waals surface area contributed by atoms with Crippen molar-refractivity contribution in [2.45, 2.75) is 12.8 Å². The molecule has 25 heavy (non-hydrogen) atoms. The van der Waals surface area contributed by atoms with Gasteiger partial charge in [0.2, 0.25) is 0 Å². The third-order valence-corrected chi connectivity index (χ3v) is 7.37. The van der Waals surface area contributed by atoms with Crippen LogP contribution >= 0.6 is 0 Å². The van der Waals surface area contributed by atoms with Crippen LogP contribution in [0.4, 0.5) is 0 Å². The molecular weight excluding hydrogens is 308 g/mol. The molecule has 3 fully saturated rings. The maximum absolute atomic E-state index is 11.8. The Kier molecular flexibility index (Phi) is 3.48. The zero-order valence-electron chi connectivity index (χ0n) is 14.2. The largest absolute Gasteiger partial charge is 0.481 e. The SMILES string of the molecule is O=C(O)[C@H]1[C@H]2C=C[C@@H]3[C@@H]1C[C@H]1[C@H](C/C=C/C=C/c4ccccc4)[C@@H]2[C@@H]31. The second kappa shape index (κ2) is 5.72. The molecule has 0 saturated heterocycles. The molecule has 3 saturated carbocycles. The molecule has 5 aliphatic carbocycles. The summed E-state index contributed by atoms with van der Waals surface area (Å²) in [4.78, 5) is 11.8. The smallest absolute Gasteiger partial charge is 0.307 e.